The lowest BCUT2D eigenvalue weighted by Crippen LogP contribution is -2.57. The van der Waals surface area contributed by atoms with Gasteiger partial charge in [0.1, 0.15) is 0 Å². The molecule has 0 aromatic heterocycles. The fourth-order valence-corrected chi connectivity index (χ4v) is 2.99. The quantitative estimate of drug-likeness (QED) is 0.697. The van der Waals surface area contributed by atoms with Crippen LogP contribution in [0.1, 0.15) is 38.5 Å². The Labute approximate surface area is 82.1 Å². The Hall–Kier alpha value is -0.250. The number of nitrogens with one attached hydrogen (secondary N) is 1. The van der Waals surface area contributed by atoms with Crippen LogP contribution in [0.2, 0.25) is 0 Å². The van der Waals surface area contributed by atoms with E-state index in [1.54, 1.807) is 0 Å². The fraction of sp³-hybridized carbons (Fsp3) is 1.00. The van der Waals surface area contributed by atoms with E-state index in [1.807, 2.05) is 7.05 Å². The second-order valence-corrected chi connectivity index (χ2v) is 4.81. The van der Waals surface area contributed by atoms with Crippen molar-refractivity contribution in [1.82, 2.24) is 5.32 Å². The first kappa shape index (κ1) is 10.3. The van der Waals surface area contributed by atoms with E-state index in [9.17, 15) is 13.2 Å². The molecule has 0 unspecified atom stereocenters. The number of alkyl halides is 3. The molecule has 0 atom stereocenters. The number of rotatable bonds is 1. The molecule has 3 rings (SSSR count). The molecule has 3 aliphatic carbocycles. The summed E-state index contributed by atoms with van der Waals surface area (Å²) in [5.74, 6) is 0. The minimum Gasteiger partial charge on any atom is -0.314 e. The maximum absolute atomic E-state index is 12.8. The lowest BCUT2D eigenvalue weighted by Gasteiger charge is -2.53. The zero-order valence-electron chi connectivity index (χ0n) is 8.38. The first-order valence-corrected chi connectivity index (χ1v) is 5.19. The molecule has 3 aliphatic rings. The summed E-state index contributed by atoms with van der Waals surface area (Å²) in [6, 6.07) is 0. The molecule has 0 amide bonds. The molecule has 0 aliphatic heterocycles. The van der Waals surface area contributed by atoms with Crippen LogP contribution in [0, 0.1) is 5.41 Å². The lowest BCUT2D eigenvalue weighted by molar-refractivity contribution is -0.254. The molecule has 0 aromatic rings. The normalized spacial score (nSPS) is 42.9. The summed E-state index contributed by atoms with van der Waals surface area (Å²) < 4.78 is 38.5. The molecule has 14 heavy (non-hydrogen) atoms. The predicted octanol–water partition coefficient (Wildman–Crippen LogP) is 2.86. The van der Waals surface area contributed by atoms with Crippen molar-refractivity contribution >= 4 is 0 Å². The maximum atomic E-state index is 12.8. The van der Waals surface area contributed by atoms with Gasteiger partial charge < -0.3 is 5.32 Å². The van der Waals surface area contributed by atoms with Gasteiger partial charge in [-0.25, -0.2) is 0 Å². The molecule has 4 heteroatoms. The Morgan fingerprint density at radius 3 is 1.64 bits per heavy atom. The predicted molar refractivity (Wildman–Crippen MR) is 48.0 cm³/mol. The van der Waals surface area contributed by atoms with Crippen LogP contribution in [0.5, 0.6) is 0 Å². The summed E-state index contributed by atoms with van der Waals surface area (Å²) >= 11 is 0. The van der Waals surface area contributed by atoms with E-state index >= 15 is 0 Å². The molecule has 0 heterocycles. The number of fused-ring (bicyclic) bond motifs is 3. The van der Waals surface area contributed by atoms with Gasteiger partial charge in [-0.1, -0.05) is 0 Å². The van der Waals surface area contributed by atoms with Crippen LogP contribution >= 0.6 is 0 Å². The minimum atomic E-state index is -3.99. The lowest BCUT2D eigenvalue weighted by atomic mass is 9.57. The summed E-state index contributed by atoms with van der Waals surface area (Å²) in [6.07, 6.45) is -0.992. The van der Waals surface area contributed by atoms with Gasteiger partial charge in [-0.15, -0.1) is 0 Å². The minimum absolute atomic E-state index is 0.0208. The Morgan fingerprint density at radius 1 is 0.929 bits per heavy atom. The summed E-state index contributed by atoms with van der Waals surface area (Å²) in [7, 11) is 1.87. The molecule has 0 saturated heterocycles. The van der Waals surface area contributed by atoms with Gasteiger partial charge in [0, 0.05) is 5.54 Å². The van der Waals surface area contributed by atoms with Crippen molar-refractivity contribution in [3.63, 3.8) is 0 Å². The van der Waals surface area contributed by atoms with Crippen molar-refractivity contribution in [1.29, 1.82) is 0 Å². The molecule has 1 N–H and O–H groups in total. The van der Waals surface area contributed by atoms with Crippen molar-refractivity contribution in [3.05, 3.63) is 0 Å². The third-order valence-electron chi connectivity index (χ3n) is 4.38. The van der Waals surface area contributed by atoms with Gasteiger partial charge in [0.05, 0.1) is 5.41 Å². The monoisotopic (exact) mass is 207 g/mol. The SMILES string of the molecule is CNC12CCC(C(F)(F)F)(CC1)CC2. The van der Waals surface area contributed by atoms with Crippen molar-refractivity contribution in [2.24, 2.45) is 5.41 Å². The summed E-state index contributed by atoms with van der Waals surface area (Å²) in [5, 5.41) is 3.21. The second-order valence-electron chi connectivity index (χ2n) is 4.81. The Kier molecular flexibility index (Phi) is 2.11. The first-order chi connectivity index (χ1) is 6.43. The van der Waals surface area contributed by atoms with E-state index in [2.05, 4.69) is 5.32 Å². The third-order valence-corrected chi connectivity index (χ3v) is 4.38. The summed E-state index contributed by atoms with van der Waals surface area (Å²) in [6.45, 7) is 0. The van der Waals surface area contributed by atoms with Gasteiger partial charge >= 0.3 is 6.18 Å². The van der Waals surface area contributed by atoms with Gasteiger partial charge in [-0.3, -0.25) is 0 Å². The average molecular weight is 207 g/mol. The maximum Gasteiger partial charge on any atom is 0.394 e. The molecule has 0 radical (unpaired) electrons. The smallest absolute Gasteiger partial charge is 0.314 e. The zero-order valence-corrected chi connectivity index (χ0v) is 8.38. The van der Waals surface area contributed by atoms with E-state index in [4.69, 9.17) is 0 Å². The van der Waals surface area contributed by atoms with Gasteiger partial charge in [0.25, 0.3) is 0 Å². The van der Waals surface area contributed by atoms with Crippen LogP contribution in [0.3, 0.4) is 0 Å². The number of hydrogen-bond acceptors (Lipinski definition) is 1. The van der Waals surface area contributed by atoms with E-state index in [0.717, 1.165) is 0 Å². The fourth-order valence-electron chi connectivity index (χ4n) is 2.99. The largest absolute Gasteiger partial charge is 0.394 e. The van der Waals surface area contributed by atoms with Crippen molar-refractivity contribution < 1.29 is 13.2 Å². The third kappa shape index (κ3) is 1.27. The van der Waals surface area contributed by atoms with Crippen LogP contribution in [0.25, 0.3) is 0 Å². The summed E-state index contributed by atoms with van der Waals surface area (Å²) in [4.78, 5) is 0. The van der Waals surface area contributed by atoms with Crippen LogP contribution in [0.4, 0.5) is 13.2 Å². The highest BCUT2D eigenvalue weighted by Crippen LogP contribution is 2.59. The van der Waals surface area contributed by atoms with Crippen LogP contribution < -0.4 is 5.32 Å². The van der Waals surface area contributed by atoms with Gasteiger partial charge in [0.15, 0.2) is 0 Å². The van der Waals surface area contributed by atoms with Crippen molar-refractivity contribution in [2.45, 2.75) is 50.2 Å². The molecule has 0 aromatic carbocycles. The summed E-state index contributed by atoms with van der Waals surface area (Å²) in [5.41, 5.74) is -1.32. The standard InChI is InChI=1S/C10H16F3N/c1-14-9-5-2-8(3-6-9,4-7-9)10(11,12)13/h14H,2-7H2,1H3. The first-order valence-electron chi connectivity index (χ1n) is 5.19. The highest BCUT2D eigenvalue weighted by atomic mass is 19.4. The topological polar surface area (TPSA) is 12.0 Å². The molecule has 1 nitrogen and oxygen atoms in total. The van der Waals surface area contributed by atoms with E-state index in [1.165, 1.54) is 0 Å². The van der Waals surface area contributed by atoms with E-state index < -0.39 is 11.6 Å². The van der Waals surface area contributed by atoms with E-state index in [0.29, 0.717) is 38.5 Å². The Balaban J connectivity index is 2.17. The highest BCUT2D eigenvalue weighted by Gasteiger charge is 2.60. The molecule has 3 fully saturated rings. The molecule has 2 bridgehead atoms. The van der Waals surface area contributed by atoms with Crippen LogP contribution in [0.15, 0.2) is 0 Å². The van der Waals surface area contributed by atoms with E-state index in [-0.39, 0.29) is 5.54 Å². The van der Waals surface area contributed by atoms with Crippen LogP contribution in [-0.2, 0) is 0 Å². The van der Waals surface area contributed by atoms with Gasteiger partial charge in [-0.05, 0) is 45.6 Å². The molecular formula is C10H16F3N. The average Bonchev–Trinajstić information content (AvgIpc) is 2.19. The number of halogens is 3. The second kappa shape index (κ2) is 2.87. The van der Waals surface area contributed by atoms with Crippen LogP contribution in [-0.4, -0.2) is 18.8 Å². The Bertz CT molecular complexity index is 209. The number of hydrogen-bond donors (Lipinski definition) is 1. The molecule has 0 spiro atoms. The van der Waals surface area contributed by atoms with Crippen molar-refractivity contribution in [3.8, 4) is 0 Å². The zero-order chi connectivity index (χ0) is 10.4. The highest BCUT2D eigenvalue weighted by molar-refractivity contribution is 5.06. The Morgan fingerprint density at radius 2 is 1.36 bits per heavy atom. The van der Waals surface area contributed by atoms with Gasteiger partial charge in [0.2, 0.25) is 0 Å². The van der Waals surface area contributed by atoms with Gasteiger partial charge in [-0.2, -0.15) is 13.2 Å². The molecule has 3 saturated carbocycles. The van der Waals surface area contributed by atoms with Crippen molar-refractivity contribution in [2.75, 3.05) is 7.05 Å². The molecular weight excluding hydrogens is 191 g/mol. The molecule has 82 valence electrons.